The van der Waals surface area contributed by atoms with Crippen LogP contribution in [0.1, 0.15) is 142 Å². The Morgan fingerprint density at radius 2 is 1.72 bits per heavy atom. The van der Waals surface area contributed by atoms with Gasteiger partial charge < -0.3 is 34.0 Å². The number of nitrogens with zero attached hydrogens (tertiary/aromatic N) is 7. The topological polar surface area (TPSA) is 172 Å². The van der Waals surface area contributed by atoms with E-state index in [1.807, 2.05) is 39.1 Å². The minimum absolute atomic E-state index is 0.0469. The molecule has 20 heteroatoms. The highest BCUT2D eigenvalue weighted by atomic mass is 32.1. The van der Waals surface area contributed by atoms with Crippen LogP contribution in [-0.2, 0) is 52.8 Å². The van der Waals surface area contributed by atoms with Gasteiger partial charge in [0.1, 0.15) is 18.9 Å². The molecular weight excluding hydrogens is 1070 g/mol. The van der Waals surface area contributed by atoms with Gasteiger partial charge in [-0.15, -0.1) is 11.3 Å². The molecule has 4 aromatic rings. The van der Waals surface area contributed by atoms with Gasteiger partial charge in [0.15, 0.2) is 0 Å². The number of hydrogen-bond acceptors (Lipinski definition) is 13. The first-order valence-electron chi connectivity index (χ1n) is 29.6. The molecule has 6 unspecified atom stereocenters. The zero-order valence-electron chi connectivity index (χ0n) is 50.9. The number of pyridine rings is 1. The summed E-state index contributed by atoms with van der Waals surface area (Å²) in [6, 6.07) is 7.66. The first kappa shape index (κ1) is 67.5. The van der Waals surface area contributed by atoms with E-state index in [4.69, 9.17) is 14.5 Å². The molecule has 7 rings (SSSR count). The van der Waals surface area contributed by atoms with E-state index in [1.165, 1.54) is 29.4 Å². The maximum absolute atomic E-state index is 14.6. The minimum atomic E-state index is -4.56. The Morgan fingerprint density at radius 1 is 0.988 bits per heavy atom. The minimum Gasteiger partial charge on any atom is -0.467 e. The molecule has 1 aliphatic carbocycles. The van der Waals surface area contributed by atoms with Gasteiger partial charge in [-0.05, 0) is 120 Å². The van der Waals surface area contributed by atoms with E-state index in [0.717, 1.165) is 83.8 Å². The summed E-state index contributed by atoms with van der Waals surface area (Å²) in [7, 11) is 7.18. The predicted molar refractivity (Wildman–Crippen MR) is 319 cm³/mol. The van der Waals surface area contributed by atoms with E-state index in [9.17, 15) is 37.1 Å². The van der Waals surface area contributed by atoms with Crippen molar-refractivity contribution < 1.29 is 46.6 Å². The number of likely N-dealkylation sites (tertiary alicyclic amines) is 1. The molecule has 5 heterocycles. The fourth-order valence-electron chi connectivity index (χ4n) is 11.4. The number of ether oxygens (including phenoxy) is 2. The van der Waals surface area contributed by atoms with Crippen molar-refractivity contribution in [2.24, 2.45) is 29.1 Å². The smallest absolute Gasteiger partial charge is 0.406 e. The van der Waals surface area contributed by atoms with Crippen LogP contribution in [0.4, 0.5) is 13.2 Å². The van der Waals surface area contributed by atoms with Crippen molar-refractivity contribution in [2.45, 2.75) is 163 Å². The number of thiazole rings is 1. The Hall–Kier alpha value is -5.28. The molecule has 3 fully saturated rings. The third kappa shape index (κ3) is 19.4. The number of carbonyl (C=O) groups is 5. The lowest BCUT2D eigenvalue weighted by Crippen LogP contribution is -2.59. The number of alkyl halides is 3. The second kappa shape index (κ2) is 32.1. The number of halogens is 3. The van der Waals surface area contributed by atoms with Crippen LogP contribution in [0.3, 0.4) is 0 Å². The standard InChI is InChI=1S/C49H67F3N8O5S.C8H16O.C5H11NO/c1-7-57(5)26-33-18-22-58(27-33)44(34-13-8-9-14-34)46(62)56-39(47(63)60-21-11-10-20-54-60)24-42-55-40(28-66-42)35-16-17-41-37(23-35)38(25-48(3,4)30-65-31-61)45(59(41)29-49(50,51)52)36-15-12-19-53-43(36)32(2)64-6;1-4-7(2)5-8(3)6-9;1-4-5(7)6(2)3/h12,15-17,19,23,28,31-34,39,44,54H,7-11,13-14,18,20-22,24-27,29-30H2,1-6H3,(H,56,62);6-8H,4-5H2,1-3H3;4H2,1-3H3. The van der Waals surface area contributed by atoms with Gasteiger partial charge in [-0.25, -0.2) is 10.4 Å². The van der Waals surface area contributed by atoms with Gasteiger partial charge in [0.2, 0.25) is 11.8 Å². The molecule has 2 aliphatic heterocycles. The normalized spacial score (nSPS) is 18.0. The lowest BCUT2D eigenvalue weighted by molar-refractivity contribution is -0.141. The van der Waals surface area contributed by atoms with Crippen LogP contribution in [0.15, 0.2) is 41.9 Å². The number of nitrogens with one attached hydrogen (secondary N) is 2. The molecule has 3 aliphatic rings. The summed E-state index contributed by atoms with van der Waals surface area (Å²) in [4.78, 5) is 76.8. The highest BCUT2D eigenvalue weighted by molar-refractivity contribution is 7.10. The molecule has 456 valence electrons. The molecule has 3 aromatic heterocycles. The van der Waals surface area contributed by atoms with Crippen molar-refractivity contribution in [3.63, 3.8) is 0 Å². The number of fused-ring (bicyclic) bond motifs is 1. The first-order chi connectivity index (χ1) is 39.0. The Bertz CT molecular complexity index is 2670. The van der Waals surface area contributed by atoms with Crippen molar-refractivity contribution in [3.8, 4) is 22.5 Å². The predicted octanol–water partition coefficient (Wildman–Crippen LogP) is 10.6. The number of carbonyl (C=O) groups excluding carboxylic acids is 5. The summed E-state index contributed by atoms with van der Waals surface area (Å²) in [5.41, 5.74) is 6.25. The maximum Gasteiger partial charge on any atom is 0.406 e. The molecule has 1 aromatic carbocycles. The Kier molecular flexibility index (Phi) is 26.4. The van der Waals surface area contributed by atoms with E-state index >= 15 is 0 Å². The largest absolute Gasteiger partial charge is 0.467 e. The van der Waals surface area contributed by atoms with Crippen molar-refractivity contribution in [2.75, 3.05) is 74.1 Å². The second-order valence-electron chi connectivity index (χ2n) is 23.8. The van der Waals surface area contributed by atoms with Crippen LogP contribution in [0.5, 0.6) is 0 Å². The number of hydrazine groups is 1. The molecule has 0 radical (unpaired) electrons. The summed E-state index contributed by atoms with van der Waals surface area (Å²) >= 11 is 1.39. The third-order valence-corrected chi connectivity index (χ3v) is 17.1. The SMILES string of the molecule is CCC(=O)N(C)C.CCC(C)CC(C)C=O.CCN(C)CC1CCN(C(C(=O)NC(Cc2nc(-c3ccc4c(c3)c(CC(C)(C)COC=O)c(-c3cccnc3C(C)OC)n4CC(F)(F)F)cs2)C(=O)N2CCCCN2)C2CCCC2)C1. The molecule has 16 nitrogen and oxygen atoms in total. The number of methoxy groups -OCH3 is 1. The van der Waals surface area contributed by atoms with Crippen LogP contribution >= 0.6 is 11.3 Å². The van der Waals surface area contributed by atoms with Gasteiger partial charge in [0, 0.05) is 105 Å². The lowest BCUT2D eigenvalue weighted by atomic mass is 9.84. The van der Waals surface area contributed by atoms with Crippen LogP contribution in [0, 0.1) is 29.1 Å². The van der Waals surface area contributed by atoms with Crippen molar-refractivity contribution in [1.82, 2.24) is 45.0 Å². The molecule has 82 heavy (non-hydrogen) atoms. The van der Waals surface area contributed by atoms with Crippen LogP contribution in [0.2, 0.25) is 0 Å². The van der Waals surface area contributed by atoms with Crippen LogP contribution in [0.25, 0.3) is 33.4 Å². The van der Waals surface area contributed by atoms with Gasteiger partial charge in [-0.1, -0.05) is 73.8 Å². The average Bonchev–Trinajstić information content (AvgIpc) is 2.41. The molecule has 2 saturated heterocycles. The van der Waals surface area contributed by atoms with Gasteiger partial charge >= 0.3 is 6.18 Å². The zero-order chi connectivity index (χ0) is 60.3. The highest BCUT2D eigenvalue weighted by Crippen LogP contribution is 2.43. The quantitative estimate of drug-likeness (QED) is 0.0603. The van der Waals surface area contributed by atoms with Gasteiger partial charge in [-0.2, -0.15) is 13.2 Å². The van der Waals surface area contributed by atoms with E-state index in [2.05, 4.69) is 53.3 Å². The van der Waals surface area contributed by atoms with Gasteiger partial charge in [0.25, 0.3) is 12.4 Å². The summed E-state index contributed by atoms with van der Waals surface area (Å²) < 4.78 is 55.9. The second-order valence-corrected chi connectivity index (χ2v) is 24.8. The van der Waals surface area contributed by atoms with Crippen LogP contribution in [-0.4, -0.2) is 157 Å². The summed E-state index contributed by atoms with van der Waals surface area (Å²) in [5.74, 6) is 1.54. The monoisotopic (exact) mass is 1170 g/mol. The van der Waals surface area contributed by atoms with E-state index in [1.54, 1.807) is 61.4 Å². The number of hydrogen-bond donors (Lipinski definition) is 2. The third-order valence-electron chi connectivity index (χ3n) is 16.2. The summed E-state index contributed by atoms with van der Waals surface area (Å²) in [6.45, 7) is 20.0. The first-order valence-corrected chi connectivity index (χ1v) is 30.5. The van der Waals surface area contributed by atoms with Crippen LogP contribution < -0.4 is 10.7 Å². The van der Waals surface area contributed by atoms with Crippen molar-refractivity contribution in [3.05, 3.63) is 58.2 Å². The van der Waals surface area contributed by atoms with E-state index in [-0.39, 0.29) is 55.0 Å². The number of aromatic nitrogens is 3. The highest BCUT2D eigenvalue weighted by Gasteiger charge is 2.41. The fourth-order valence-corrected chi connectivity index (χ4v) is 12.3. The summed E-state index contributed by atoms with van der Waals surface area (Å²) in [6.07, 6.45) is 7.85. The van der Waals surface area contributed by atoms with E-state index in [0.29, 0.717) is 87.5 Å². The Labute approximate surface area is 489 Å². The molecule has 0 spiro atoms. The summed E-state index contributed by atoms with van der Waals surface area (Å²) in [5, 5.41) is 8.05. The molecule has 0 bridgehead atoms. The molecule has 3 amide bonds. The van der Waals surface area contributed by atoms with Crippen molar-refractivity contribution in [1.29, 1.82) is 0 Å². The number of rotatable bonds is 25. The average molecular weight is 1170 g/mol. The number of aldehydes is 1. The fraction of sp³-hybridized carbons (Fsp3) is 0.661. The number of benzene rings is 1. The van der Waals surface area contributed by atoms with E-state index < -0.39 is 30.3 Å². The molecule has 2 N–H and O–H groups in total. The lowest BCUT2D eigenvalue weighted by Gasteiger charge is -2.35. The Morgan fingerprint density at radius 3 is 2.32 bits per heavy atom. The zero-order valence-corrected chi connectivity index (χ0v) is 51.7. The Balaban J connectivity index is 0.000000672. The molecule has 6 atom stereocenters. The maximum atomic E-state index is 14.6. The van der Waals surface area contributed by atoms with Crippen molar-refractivity contribution >= 4 is 52.7 Å². The number of amides is 3. The van der Waals surface area contributed by atoms with Gasteiger partial charge in [0.05, 0.1) is 40.8 Å². The molecule has 1 saturated carbocycles. The van der Waals surface area contributed by atoms with Gasteiger partial charge in [-0.3, -0.25) is 34.1 Å². The molecular formula is C62H94F3N9O7S.